The zero-order chi connectivity index (χ0) is 15.6. The highest BCUT2D eigenvalue weighted by atomic mass is 32.2. The Hall–Kier alpha value is -1.32. The summed E-state index contributed by atoms with van der Waals surface area (Å²) in [6, 6.07) is 0.182. The second-order valence-electron chi connectivity index (χ2n) is 5.70. The van der Waals surface area contributed by atoms with Crippen molar-refractivity contribution >= 4 is 21.5 Å². The molecule has 2 heterocycles. The smallest absolute Gasteiger partial charge is 0.182 e. The summed E-state index contributed by atoms with van der Waals surface area (Å²) >= 11 is 0. The molecule has 1 aromatic rings. The highest BCUT2D eigenvalue weighted by Gasteiger charge is 2.26. The SMILES string of the molecule is CN(C)CCn1nc(NC2CCNC2)c(S(C)(=O)=O)c1N. The molecule has 1 saturated heterocycles. The fraction of sp³-hybridized carbons (Fsp3) is 0.750. The molecule has 2 rings (SSSR count). The van der Waals surface area contributed by atoms with Gasteiger partial charge in [0.15, 0.2) is 20.6 Å². The van der Waals surface area contributed by atoms with Gasteiger partial charge in [-0.25, -0.2) is 13.1 Å². The maximum atomic E-state index is 12.0. The molecule has 1 atom stereocenters. The largest absolute Gasteiger partial charge is 0.383 e. The van der Waals surface area contributed by atoms with Crippen molar-refractivity contribution in [2.75, 3.05) is 51.0 Å². The molecular formula is C12H24N6O2S. The monoisotopic (exact) mass is 316 g/mol. The normalized spacial score (nSPS) is 19.3. The summed E-state index contributed by atoms with van der Waals surface area (Å²) in [4.78, 5) is 2.10. The molecule has 1 fully saturated rings. The van der Waals surface area contributed by atoms with Gasteiger partial charge < -0.3 is 21.3 Å². The number of hydrogen-bond acceptors (Lipinski definition) is 7. The first-order valence-corrected chi connectivity index (χ1v) is 8.86. The van der Waals surface area contributed by atoms with Crippen LogP contribution in [-0.4, -0.2) is 69.1 Å². The lowest BCUT2D eigenvalue weighted by atomic mass is 10.2. The molecule has 0 aliphatic carbocycles. The third kappa shape index (κ3) is 3.86. The molecule has 0 aromatic carbocycles. The Kier molecular flexibility index (Phi) is 4.74. The van der Waals surface area contributed by atoms with Gasteiger partial charge >= 0.3 is 0 Å². The Bertz CT molecular complexity index is 589. The van der Waals surface area contributed by atoms with E-state index in [9.17, 15) is 8.42 Å². The Morgan fingerprint density at radius 2 is 2.24 bits per heavy atom. The Morgan fingerprint density at radius 3 is 2.76 bits per heavy atom. The molecule has 1 aromatic heterocycles. The third-order valence-corrected chi connectivity index (χ3v) is 4.62. The van der Waals surface area contributed by atoms with Gasteiger partial charge in [-0.15, -0.1) is 0 Å². The van der Waals surface area contributed by atoms with Crippen LogP contribution in [0.1, 0.15) is 6.42 Å². The Balaban J connectivity index is 2.30. The van der Waals surface area contributed by atoms with E-state index in [1.165, 1.54) is 0 Å². The summed E-state index contributed by atoms with van der Waals surface area (Å²) in [5, 5.41) is 10.8. The van der Waals surface area contributed by atoms with Gasteiger partial charge in [-0.3, -0.25) is 0 Å². The predicted molar refractivity (Wildman–Crippen MR) is 83.2 cm³/mol. The van der Waals surface area contributed by atoms with Crippen molar-refractivity contribution < 1.29 is 8.42 Å². The van der Waals surface area contributed by atoms with Gasteiger partial charge in [0.05, 0.1) is 6.54 Å². The van der Waals surface area contributed by atoms with Crippen molar-refractivity contribution in [2.24, 2.45) is 0 Å². The molecule has 8 nitrogen and oxygen atoms in total. The molecule has 21 heavy (non-hydrogen) atoms. The van der Waals surface area contributed by atoms with E-state index >= 15 is 0 Å². The third-order valence-electron chi connectivity index (χ3n) is 3.48. The van der Waals surface area contributed by atoms with E-state index in [-0.39, 0.29) is 16.8 Å². The van der Waals surface area contributed by atoms with Gasteiger partial charge in [-0.2, -0.15) is 5.10 Å². The predicted octanol–water partition coefficient (Wildman–Crippen LogP) is -0.796. The molecular weight excluding hydrogens is 292 g/mol. The van der Waals surface area contributed by atoms with Crippen molar-refractivity contribution in [3.05, 3.63) is 0 Å². The van der Waals surface area contributed by atoms with Gasteiger partial charge in [0, 0.05) is 25.4 Å². The number of anilines is 2. The zero-order valence-corrected chi connectivity index (χ0v) is 13.6. The summed E-state index contributed by atoms with van der Waals surface area (Å²) in [6.45, 7) is 3.00. The minimum absolute atomic E-state index is 0.105. The summed E-state index contributed by atoms with van der Waals surface area (Å²) in [5.41, 5.74) is 6.00. The number of hydrogen-bond donors (Lipinski definition) is 3. The average Bonchev–Trinajstić information content (AvgIpc) is 2.94. The van der Waals surface area contributed by atoms with Crippen molar-refractivity contribution in [1.82, 2.24) is 20.0 Å². The molecule has 0 spiro atoms. The quantitative estimate of drug-likeness (QED) is 0.631. The topological polar surface area (TPSA) is 105 Å². The number of likely N-dealkylation sites (N-methyl/N-ethyl adjacent to an activating group) is 1. The van der Waals surface area contributed by atoms with Gasteiger partial charge in [-0.1, -0.05) is 0 Å². The van der Waals surface area contributed by atoms with Crippen LogP contribution in [0.2, 0.25) is 0 Å². The molecule has 0 bridgehead atoms. The van der Waals surface area contributed by atoms with Crippen LogP contribution >= 0.6 is 0 Å². The number of sulfone groups is 1. The number of nitrogens with two attached hydrogens (primary N) is 1. The molecule has 9 heteroatoms. The molecule has 0 amide bonds. The summed E-state index contributed by atoms with van der Waals surface area (Å²) in [5.74, 6) is 0.565. The molecule has 1 aliphatic rings. The molecule has 120 valence electrons. The summed E-state index contributed by atoms with van der Waals surface area (Å²) in [6.07, 6.45) is 2.10. The minimum atomic E-state index is -3.43. The molecule has 4 N–H and O–H groups in total. The number of rotatable bonds is 6. The van der Waals surface area contributed by atoms with Crippen molar-refractivity contribution in [2.45, 2.75) is 23.9 Å². The summed E-state index contributed by atoms with van der Waals surface area (Å²) in [7, 11) is 0.462. The maximum absolute atomic E-state index is 12.0. The van der Waals surface area contributed by atoms with E-state index in [1.54, 1.807) is 4.68 Å². The molecule has 0 radical (unpaired) electrons. The van der Waals surface area contributed by atoms with Gasteiger partial charge in [-0.05, 0) is 27.1 Å². The van der Waals surface area contributed by atoms with E-state index in [0.29, 0.717) is 12.4 Å². The van der Waals surface area contributed by atoms with E-state index in [4.69, 9.17) is 5.73 Å². The van der Waals surface area contributed by atoms with E-state index in [1.807, 2.05) is 19.0 Å². The Morgan fingerprint density at radius 1 is 1.52 bits per heavy atom. The highest BCUT2D eigenvalue weighted by Crippen LogP contribution is 2.28. The molecule has 0 saturated carbocycles. The minimum Gasteiger partial charge on any atom is -0.383 e. The average molecular weight is 316 g/mol. The first kappa shape index (κ1) is 16.1. The molecule has 1 unspecified atom stereocenters. The lowest BCUT2D eigenvalue weighted by Gasteiger charge is -2.11. The fourth-order valence-corrected chi connectivity index (χ4v) is 3.29. The number of nitrogen functional groups attached to an aromatic ring is 1. The van der Waals surface area contributed by atoms with E-state index < -0.39 is 9.84 Å². The van der Waals surface area contributed by atoms with Crippen LogP contribution < -0.4 is 16.4 Å². The van der Waals surface area contributed by atoms with Crippen LogP contribution in [0.3, 0.4) is 0 Å². The van der Waals surface area contributed by atoms with E-state index in [0.717, 1.165) is 32.3 Å². The fourth-order valence-electron chi connectivity index (χ4n) is 2.35. The lowest BCUT2D eigenvalue weighted by Crippen LogP contribution is -2.23. The second kappa shape index (κ2) is 6.20. The van der Waals surface area contributed by atoms with Crippen LogP contribution in [0.4, 0.5) is 11.6 Å². The Labute approximate surface area is 125 Å². The van der Waals surface area contributed by atoms with Crippen LogP contribution in [0.5, 0.6) is 0 Å². The van der Waals surface area contributed by atoms with Crippen molar-refractivity contribution in [3.8, 4) is 0 Å². The van der Waals surface area contributed by atoms with Gasteiger partial charge in [0.2, 0.25) is 0 Å². The number of nitrogens with zero attached hydrogens (tertiary/aromatic N) is 3. The van der Waals surface area contributed by atoms with Crippen LogP contribution in [0, 0.1) is 0 Å². The lowest BCUT2D eigenvalue weighted by molar-refractivity contribution is 0.375. The van der Waals surface area contributed by atoms with E-state index in [2.05, 4.69) is 15.7 Å². The number of nitrogens with one attached hydrogen (secondary N) is 2. The zero-order valence-electron chi connectivity index (χ0n) is 12.8. The first-order chi connectivity index (χ1) is 9.79. The number of aromatic nitrogens is 2. The van der Waals surface area contributed by atoms with Crippen LogP contribution in [-0.2, 0) is 16.4 Å². The summed E-state index contributed by atoms with van der Waals surface area (Å²) < 4.78 is 25.6. The van der Waals surface area contributed by atoms with Crippen LogP contribution in [0.25, 0.3) is 0 Å². The van der Waals surface area contributed by atoms with Gasteiger partial charge in [0.25, 0.3) is 0 Å². The first-order valence-electron chi connectivity index (χ1n) is 6.97. The van der Waals surface area contributed by atoms with Crippen molar-refractivity contribution in [3.63, 3.8) is 0 Å². The van der Waals surface area contributed by atoms with Crippen molar-refractivity contribution in [1.29, 1.82) is 0 Å². The van der Waals surface area contributed by atoms with Crippen LogP contribution in [0.15, 0.2) is 4.90 Å². The molecule has 1 aliphatic heterocycles. The second-order valence-corrected chi connectivity index (χ2v) is 7.65. The standard InChI is InChI=1S/C12H24N6O2S/c1-17(2)6-7-18-11(13)10(21(3,19)20)12(16-18)15-9-4-5-14-8-9/h9,14H,4-8,13H2,1-3H3,(H,15,16). The van der Waals surface area contributed by atoms with Gasteiger partial charge in [0.1, 0.15) is 5.82 Å². The maximum Gasteiger partial charge on any atom is 0.182 e. The highest BCUT2D eigenvalue weighted by molar-refractivity contribution is 7.91.